The largest absolute Gasteiger partial charge is 0.481 e. The van der Waals surface area contributed by atoms with E-state index in [1.54, 1.807) is 0 Å². The number of pyridine rings is 1. The molecule has 0 unspecified atom stereocenters. The van der Waals surface area contributed by atoms with E-state index < -0.39 is 5.97 Å². The number of carboxylic acid groups (broad SMARTS) is 1. The summed E-state index contributed by atoms with van der Waals surface area (Å²) in [6, 6.07) is 1.97. The molecule has 82 valence electrons. The summed E-state index contributed by atoms with van der Waals surface area (Å²) in [7, 11) is 0. The Hall–Kier alpha value is -1.58. The van der Waals surface area contributed by atoms with Crippen LogP contribution in [0.25, 0.3) is 0 Å². The molecule has 0 amide bonds. The topological polar surface area (TPSA) is 62.2 Å². The predicted octanol–water partition coefficient (Wildman–Crippen LogP) is 1.98. The number of aromatic nitrogens is 1. The molecule has 0 fully saturated rings. The van der Waals surface area contributed by atoms with Gasteiger partial charge in [-0.3, -0.25) is 9.78 Å². The summed E-state index contributed by atoms with van der Waals surface area (Å²) in [5.74, 6) is -0.751. The van der Waals surface area contributed by atoms with Crippen LogP contribution in [0.1, 0.15) is 24.1 Å². The summed E-state index contributed by atoms with van der Waals surface area (Å²) in [5, 5.41) is 11.7. The van der Waals surface area contributed by atoms with Crippen molar-refractivity contribution in [3.05, 3.63) is 23.5 Å². The number of nitrogens with one attached hydrogen (secondary N) is 1. The van der Waals surface area contributed by atoms with Gasteiger partial charge in [-0.2, -0.15) is 0 Å². The minimum atomic E-state index is -0.751. The Labute approximate surface area is 89.3 Å². The number of rotatable bonds is 5. The Morgan fingerprint density at radius 1 is 1.53 bits per heavy atom. The van der Waals surface area contributed by atoms with Gasteiger partial charge in [0.15, 0.2) is 0 Å². The summed E-state index contributed by atoms with van der Waals surface area (Å²) >= 11 is 0. The van der Waals surface area contributed by atoms with Gasteiger partial charge >= 0.3 is 5.97 Å². The van der Waals surface area contributed by atoms with Crippen LogP contribution in [0.5, 0.6) is 0 Å². The lowest BCUT2D eigenvalue weighted by Gasteiger charge is -2.08. The van der Waals surface area contributed by atoms with Crippen LogP contribution in [-0.4, -0.2) is 22.6 Å². The molecule has 15 heavy (non-hydrogen) atoms. The highest BCUT2D eigenvalue weighted by atomic mass is 16.4. The molecule has 1 rings (SSSR count). The molecular formula is C11H16N2O2. The summed E-state index contributed by atoms with van der Waals surface area (Å²) in [5.41, 5.74) is 3.07. The Kier molecular flexibility index (Phi) is 4.09. The first-order valence-corrected chi connectivity index (χ1v) is 4.98. The molecule has 0 bridgehead atoms. The Bertz CT molecular complexity index is 350. The van der Waals surface area contributed by atoms with Gasteiger partial charge in [0.2, 0.25) is 0 Å². The first-order valence-electron chi connectivity index (χ1n) is 4.98. The second-order valence-corrected chi connectivity index (χ2v) is 3.56. The highest BCUT2D eigenvalue weighted by molar-refractivity contribution is 5.66. The van der Waals surface area contributed by atoms with E-state index in [9.17, 15) is 4.79 Å². The number of anilines is 1. The molecule has 0 aromatic carbocycles. The fourth-order valence-electron chi connectivity index (χ4n) is 1.28. The first-order chi connectivity index (χ1) is 7.09. The zero-order valence-corrected chi connectivity index (χ0v) is 9.08. The van der Waals surface area contributed by atoms with Crippen LogP contribution in [-0.2, 0) is 4.79 Å². The van der Waals surface area contributed by atoms with Crippen LogP contribution in [0.2, 0.25) is 0 Å². The number of hydrogen-bond donors (Lipinski definition) is 2. The lowest BCUT2D eigenvalue weighted by molar-refractivity contribution is -0.137. The van der Waals surface area contributed by atoms with Gasteiger partial charge < -0.3 is 10.4 Å². The fraction of sp³-hybridized carbons (Fsp3) is 0.455. The number of aliphatic carboxylic acids is 1. The lowest BCUT2D eigenvalue weighted by atomic mass is 10.2. The van der Waals surface area contributed by atoms with Gasteiger partial charge in [0.1, 0.15) is 0 Å². The van der Waals surface area contributed by atoms with Crippen molar-refractivity contribution >= 4 is 11.7 Å². The zero-order chi connectivity index (χ0) is 11.3. The van der Waals surface area contributed by atoms with Crippen LogP contribution in [0.4, 0.5) is 5.69 Å². The molecule has 0 aliphatic heterocycles. The van der Waals surface area contributed by atoms with E-state index >= 15 is 0 Å². The average Bonchev–Trinajstić information content (AvgIpc) is 2.17. The smallest absolute Gasteiger partial charge is 0.303 e. The lowest BCUT2D eigenvalue weighted by Crippen LogP contribution is -2.06. The number of hydrogen-bond acceptors (Lipinski definition) is 3. The molecule has 2 N–H and O–H groups in total. The van der Waals surface area contributed by atoms with Crippen molar-refractivity contribution in [2.24, 2.45) is 0 Å². The van der Waals surface area contributed by atoms with Crippen LogP contribution in [0, 0.1) is 13.8 Å². The van der Waals surface area contributed by atoms with Crippen LogP contribution in [0.3, 0.4) is 0 Å². The summed E-state index contributed by atoms with van der Waals surface area (Å²) in [6.45, 7) is 4.59. The summed E-state index contributed by atoms with van der Waals surface area (Å²) in [4.78, 5) is 14.5. The van der Waals surface area contributed by atoms with E-state index in [1.807, 2.05) is 26.1 Å². The maximum Gasteiger partial charge on any atom is 0.303 e. The number of aryl methyl sites for hydroxylation is 2. The van der Waals surface area contributed by atoms with Gasteiger partial charge in [0.25, 0.3) is 0 Å². The second kappa shape index (κ2) is 5.34. The van der Waals surface area contributed by atoms with Gasteiger partial charge in [0, 0.05) is 30.5 Å². The third kappa shape index (κ3) is 3.97. The molecule has 0 saturated heterocycles. The van der Waals surface area contributed by atoms with Crippen LogP contribution < -0.4 is 5.32 Å². The Balaban J connectivity index is 2.43. The highest BCUT2D eigenvalue weighted by Gasteiger charge is 2.00. The van der Waals surface area contributed by atoms with Crippen molar-refractivity contribution in [1.29, 1.82) is 0 Å². The minimum absolute atomic E-state index is 0.204. The van der Waals surface area contributed by atoms with Crippen molar-refractivity contribution < 1.29 is 9.90 Å². The van der Waals surface area contributed by atoms with Gasteiger partial charge in [-0.15, -0.1) is 0 Å². The summed E-state index contributed by atoms with van der Waals surface area (Å²) in [6.07, 6.45) is 2.65. The molecule has 0 spiro atoms. The molecule has 4 nitrogen and oxygen atoms in total. The number of nitrogens with zero attached hydrogens (tertiary/aromatic N) is 1. The van der Waals surface area contributed by atoms with Gasteiger partial charge in [-0.05, 0) is 31.9 Å². The van der Waals surface area contributed by atoms with Crippen LogP contribution in [0.15, 0.2) is 12.3 Å². The van der Waals surface area contributed by atoms with Crippen molar-refractivity contribution in [3.8, 4) is 0 Å². The van der Waals surface area contributed by atoms with Gasteiger partial charge in [-0.1, -0.05) is 0 Å². The molecule has 4 heteroatoms. The van der Waals surface area contributed by atoms with Crippen molar-refractivity contribution in [2.75, 3.05) is 11.9 Å². The Morgan fingerprint density at radius 3 is 2.93 bits per heavy atom. The van der Waals surface area contributed by atoms with Crippen molar-refractivity contribution in [2.45, 2.75) is 26.7 Å². The first kappa shape index (κ1) is 11.5. The second-order valence-electron chi connectivity index (χ2n) is 3.56. The minimum Gasteiger partial charge on any atom is -0.481 e. The molecule has 0 atom stereocenters. The molecule has 0 aliphatic rings. The van der Waals surface area contributed by atoms with E-state index in [4.69, 9.17) is 5.11 Å². The van der Waals surface area contributed by atoms with Gasteiger partial charge in [-0.25, -0.2) is 0 Å². The molecule has 0 saturated carbocycles. The quantitative estimate of drug-likeness (QED) is 0.726. The third-order valence-corrected chi connectivity index (χ3v) is 2.12. The number of carbonyl (C=O) groups is 1. The zero-order valence-electron chi connectivity index (χ0n) is 9.08. The predicted molar refractivity (Wildman–Crippen MR) is 59.1 cm³/mol. The van der Waals surface area contributed by atoms with E-state index in [1.165, 1.54) is 0 Å². The maximum absolute atomic E-state index is 10.3. The van der Waals surface area contributed by atoms with Crippen molar-refractivity contribution in [1.82, 2.24) is 4.98 Å². The molecule has 1 heterocycles. The number of carboxylic acids is 1. The summed E-state index contributed by atoms with van der Waals surface area (Å²) < 4.78 is 0. The third-order valence-electron chi connectivity index (χ3n) is 2.12. The molecule has 0 aliphatic carbocycles. The molecular weight excluding hydrogens is 192 g/mol. The molecule has 1 aromatic heterocycles. The van der Waals surface area contributed by atoms with Crippen LogP contribution >= 0.6 is 0 Å². The monoisotopic (exact) mass is 208 g/mol. The van der Waals surface area contributed by atoms with Gasteiger partial charge in [0.05, 0.1) is 0 Å². The standard InChI is InChI=1S/C11H16N2O2/c1-8-7-13-9(2)6-10(8)12-5-3-4-11(14)15/h6-7H,3-5H2,1-2H3,(H,12,13)(H,14,15). The van der Waals surface area contributed by atoms with E-state index in [-0.39, 0.29) is 6.42 Å². The average molecular weight is 208 g/mol. The maximum atomic E-state index is 10.3. The highest BCUT2D eigenvalue weighted by Crippen LogP contribution is 2.13. The Morgan fingerprint density at radius 2 is 2.27 bits per heavy atom. The van der Waals surface area contributed by atoms with E-state index in [0.29, 0.717) is 13.0 Å². The normalized spacial score (nSPS) is 10.0. The SMILES string of the molecule is Cc1cc(NCCCC(=O)O)c(C)cn1. The van der Waals surface area contributed by atoms with E-state index in [2.05, 4.69) is 10.3 Å². The molecule has 1 aromatic rings. The fourth-order valence-corrected chi connectivity index (χ4v) is 1.28. The molecule has 0 radical (unpaired) electrons. The van der Waals surface area contributed by atoms with Crippen molar-refractivity contribution in [3.63, 3.8) is 0 Å². The van der Waals surface area contributed by atoms with E-state index in [0.717, 1.165) is 16.9 Å².